The minimum absolute atomic E-state index is 0.0462. The average molecular weight is 346 g/mol. The fraction of sp³-hybridized carbons (Fsp3) is 0.0526. The zero-order chi connectivity index (χ0) is 18.1. The van der Waals surface area contributed by atoms with Gasteiger partial charge >= 0.3 is 0 Å². The van der Waals surface area contributed by atoms with E-state index >= 15 is 0 Å². The van der Waals surface area contributed by atoms with Gasteiger partial charge in [-0.05, 0) is 48.0 Å². The van der Waals surface area contributed by atoms with Crippen molar-refractivity contribution in [2.75, 3.05) is 7.11 Å². The summed E-state index contributed by atoms with van der Waals surface area (Å²) in [6.45, 7) is 0. The molecule has 0 saturated carbocycles. The second-order valence-corrected chi connectivity index (χ2v) is 5.64. The molecule has 0 aliphatic rings. The molecule has 0 radical (unpaired) electrons. The molecule has 0 atom stereocenters. The number of nitro benzene ring substituents is 1. The molecule has 26 heavy (non-hydrogen) atoms. The van der Waals surface area contributed by atoms with E-state index in [1.54, 1.807) is 37.7 Å². The summed E-state index contributed by atoms with van der Waals surface area (Å²) in [6, 6.07) is 16.0. The van der Waals surface area contributed by atoms with Crippen LogP contribution in [0.2, 0.25) is 0 Å². The fourth-order valence-corrected chi connectivity index (χ4v) is 2.91. The van der Waals surface area contributed by atoms with Crippen molar-refractivity contribution in [2.24, 2.45) is 0 Å². The summed E-state index contributed by atoms with van der Waals surface area (Å²) in [5.41, 5.74) is 2.61. The molecule has 7 heteroatoms. The lowest BCUT2D eigenvalue weighted by atomic mass is 10.1. The molecule has 4 aromatic rings. The van der Waals surface area contributed by atoms with E-state index in [0.717, 1.165) is 27.9 Å². The number of non-ortho nitro benzene ring substituents is 1. The van der Waals surface area contributed by atoms with Crippen LogP contribution in [0.4, 0.5) is 5.69 Å². The lowest BCUT2D eigenvalue weighted by molar-refractivity contribution is -0.384. The summed E-state index contributed by atoms with van der Waals surface area (Å²) >= 11 is 0. The van der Waals surface area contributed by atoms with Gasteiger partial charge in [0.05, 0.1) is 23.2 Å². The Balaban J connectivity index is 1.99. The molecule has 2 aromatic heterocycles. The summed E-state index contributed by atoms with van der Waals surface area (Å²) in [4.78, 5) is 19.4. The van der Waals surface area contributed by atoms with Crippen LogP contribution in [0.1, 0.15) is 0 Å². The molecule has 7 nitrogen and oxygen atoms in total. The van der Waals surface area contributed by atoms with Crippen LogP contribution in [-0.2, 0) is 0 Å². The van der Waals surface area contributed by atoms with Crippen LogP contribution in [0.5, 0.6) is 5.75 Å². The Kier molecular flexibility index (Phi) is 3.81. The standard InChI is InChI=1S/C19H14N4O3/c1-26-16-6-3-13(4-7-16)18-12-14-11-15(23(24)25)5-8-17(14)22(18)19-20-9-2-10-21-19/h2-12H,1H3. The molecule has 0 fully saturated rings. The molecule has 0 amide bonds. The second-order valence-electron chi connectivity index (χ2n) is 5.64. The largest absolute Gasteiger partial charge is 0.497 e. The van der Waals surface area contributed by atoms with Crippen molar-refractivity contribution in [2.45, 2.75) is 0 Å². The van der Waals surface area contributed by atoms with Gasteiger partial charge in [-0.15, -0.1) is 0 Å². The van der Waals surface area contributed by atoms with E-state index < -0.39 is 4.92 Å². The third kappa shape index (κ3) is 2.65. The molecule has 0 aliphatic heterocycles. The monoisotopic (exact) mass is 346 g/mol. The number of benzene rings is 2. The van der Waals surface area contributed by atoms with E-state index in [1.165, 1.54) is 6.07 Å². The number of hydrogen-bond acceptors (Lipinski definition) is 5. The van der Waals surface area contributed by atoms with Crippen molar-refractivity contribution in [1.29, 1.82) is 0 Å². The van der Waals surface area contributed by atoms with Gasteiger partial charge < -0.3 is 4.74 Å². The molecule has 0 N–H and O–H groups in total. The van der Waals surface area contributed by atoms with Crippen LogP contribution in [0.15, 0.2) is 67.0 Å². The quantitative estimate of drug-likeness (QED) is 0.412. The first kappa shape index (κ1) is 15.8. The summed E-state index contributed by atoms with van der Waals surface area (Å²) < 4.78 is 7.10. The Hall–Kier alpha value is -3.74. The highest BCUT2D eigenvalue weighted by Crippen LogP contribution is 2.33. The first-order chi connectivity index (χ1) is 12.7. The smallest absolute Gasteiger partial charge is 0.270 e. The first-order valence-corrected chi connectivity index (χ1v) is 7.89. The Morgan fingerprint density at radius 3 is 2.42 bits per heavy atom. The number of methoxy groups -OCH3 is 1. The summed E-state index contributed by atoms with van der Waals surface area (Å²) in [5, 5.41) is 11.9. The molecule has 2 aromatic carbocycles. The number of ether oxygens (including phenoxy) is 1. The van der Waals surface area contributed by atoms with Gasteiger partial charge in [0.15, 0.2) is 0 Å². The zero-order valence-corrected chi connectivity index (χ0v) is 13.9. The van der Waals surface area contributed by atoms with Gasteiger partial charge in [-0.2, -0.15) is 0 Å². The zero-order valence-electron chi connectivity index (χ0n) is 13.9. The number of hydrogen-bond donors (Lipinski definition) is 0. The topological polar surface area (TPSA) is 83.1 Å². The molecule has 0 aliphatic carbocycles. The van der Waals surface area contributed by atoms with Crippen molar-refractivity contribution >= 4 is 16.6 Å². The van der Waals surface area contributed by atoms with Crippen LogP contribution >= 0.6 is 0 Å². The number of nitrogens with zero attached hydrogens (tertiary/aromatic N) is 4. The summed E-state index contributed by atoms with van der Waals surface area (Å²) in [5.74, 6) is 1.25. The average Bonchev–Trinajstić information content (AvgIpc) is 3.07. The second kappa shape index (κ2) is 6.29. The van der Waals surface area contributed by atoms with E-state index in [9.17, 15) is 10.1 Å². The predicted octanol–water partition coefficient (Wildman–Crippen LogP) is 4.00. The van der Waals surface area contributed by atoms with Crippen molar-refractivity contribution in [3.05, 3.63) is 77.1 Å². The van der Waals surface area contributed by atoms with Crippen LogP contribution in [0.25, 0.3) is 28.1 Å². The molecule has 0 unspecified atom stereocenters. The third-order valence-electron chi connectivity index (χ3n) is 4.13. The van der Waals surface area contributed by atoms with E-state index in [1.807, 2.05) is 34.9 Å². The van der Waals surface area contributed by atoms with Crippen molar-refractivity contribution in [3.63, 3.8) is 0 Å². The van der Waals surface area contributed by atoms with E-state index in [2.05, 4.69) is 9.97 Å². The van der Waals surface area contributed by atoms with Crippen LogP contribution in [0.3, 0.4) is 0 Å². The van der Waals surface area contributed by atoms with E-state index in [4.69, 9.17) is 4.74 Å². The van der Waals surface area contributed by atoms with Crippen LogP contribution in [-0.4, -0.2) is 26.6 Å². The molecule has 2 heterocycles. The van der Waals surface area contributed by atoms with Gasteiger partial charge in [0.2, 0.25) is 5.95 Å². The summed E-state index contributed by atoms with van der Waals surface area (Å²) in [7, 11) is 1.61. The van der Waals surface area contributed by atoms with Gasteiger partial charge in [0.1, 0.15) is 5.75 Å². The lowest BCUT2D eigenvalue weighted by Crippen LogP contribution is -2.01. The molecular weight excluding hydrogens is 332 g/mol. The Bertz CT molecular complexity index is 1090. The molecule has 0 saturated heterocycles. The van der Waals surface area contributed by atoms with Gasteiger partial charge in [-0.3, -0.25) is 14.7 Å². The highest BCUT2D eigenvalue weighted by atomic mass is 16.6. The minimum Gasteiger partial charge on any atom is -0.497 e. The third-order valence-corrected chi connectivity index (χ3v) is 4.13. The van der Waals surface area contributed by atoms with Crippen LogP contribution in [0, 0.1) is 10.1 Å². The normalized spacial score (nSPS) is 10.8. The number of fused-ring (bicyclic) bond motifs is 1. The fourth-order valence-electron chi connectivity index (χ4n) is 2.91. The highest BCUT2D eigenvalue weighted by molar-refractivity contribution is 5.90. The summed E-state index contributed by atoms with van der Waals surface area (Å²) in [6.07, 6.45) is 3.33. The molecular formula is C19H14N4O3. The maximum atomic E-state index is 11.1. The highest BCUT2D eigenvalue weighted by Gasteiger charge is 2.16. The van der Waals surface area contributed by atoms with Crippen molar-refractivity contribution in [1.82, 2.24) is 14.5 Å². The Morgan fingerprint density at radius 2 is 1.77 bits per heavy atom. The molecule has 4 rings (SSSR count). The number of rotatable bonds is 4. The molecule has 0 bridgehead atoms. The number of aromatic nitrogens is 3. The molecule has 128 valence electrons. The maximum absolute atomic E-state index is 11.1. The van der Waals surface area contributed by atoms with Crippen molar-refractivity contribution < 1.29 is 9.66 Å². The SMILES string of the molecule is COc1ccc(-c2cc3cc([N+](=O)[O-])ccc3n2-c2ncccn2)cc1. The van der Waals surface area contributed by atoms with Gasteiger partial charge in [0.25, 0.3) is 5.69 Å². The van der Waals surface area contributed by atoms with E-state index in [0.29, 0.717) is 5.95 Å². The molecule has 0 spiro atoms. The van der Waals surface area contributed by atoms with Crippen LogP contribution < -0.4 is 4.74 Å². The van der Waals surface area contributed by atoms with Crippen molar-refractivity contribution in [3.8, 4) is 23.0 Å². The first-order valence-electron chi connectivity index (χ1n) is 7.89. The van der Waals surface area contributed by atoms with E-state index in [-0.39, 0.29) is 5.69 Å². The number of nitro groups is 1. The predicted molar refractivity (Wildman–Crippen MR) is 97.5 cm³/mol. The maximum Gasteiger partial charge on any atom is 0.270 e. The Labute approximate surface area is 148 Å². The van der Waals surface area contributed by atoms with Gasteiger partial charge in [-0.1, -0.05) is 0 Å². The van der Waals surface area contributed by atoms with Gasteiger partial charge in [0, 0.05) is 29.9 Å². The van der Waals surface area contributed by atoms with Gasteiger partial charge in [-0.25, -0.2) is 9.97 Å². The lowest BCUT2D eigenvalue weighted by Gasteiger charge is -2.09. The Morgan fingerprint density at radius 1 is 1.04 bits per heavy atom. The minimum atomic E-state index is -0.400.